The molecule has 1 rings (SSSR count). The molecular weight excluding hydrogens is 188 g/mol. The van der Waals surface area contributed by atoms with Crippen LogP contribution < -0.4 is 5.32 Å². The molecule has 0 radical (unpaired) electrons. The number of hydrogen-bond acceptors (Lipinski definition) is 3. The largest absolute Gasteiger partial charge is 0.396 e. The summed E-state index contributed by atoms with van der Waals surface area (Å²) in [6, 6.07) is 4.10. The van der Waals surface area contributed by atoms with Crippen LogP contribution in [0.25, 0.3) is 0 Å². The predicted octanol–water partition coefficient (Wildman–Crippen LogP) is 1.38. The molecule has 0 aliphatic carbocycles. The van der Waals surface area contributed by atoms with Crippen LogP contribution in [0.5, 0.6) is 0 Å². The number of aromatic nitrogens is 1. The molecule has 84 valence electrons. The number of nitrogens with zero attached hydrogens (tertiary/aromatic N) is 1. The molecule has 3 heteroatoms. The van der Waals surface area contributed by atoms with Gasteiger partial charge in [0.2, 0.25) is 0 Å². The fourth-order valence-electron chi connectivity index (χ4n) is 1.45. The highest BCUT2D eigenvalue weighted by atomic mass is 16.2. The van der Waals surface area contributed by atoms with E-state index in [0.717, 1.165) is 38.8 Å². The molecule has 1 aromatic rings. The monoisotopic (exact) mass is 208 g/mol. The third-order valence-corrected chi connectivity index (χ3v) is 2.35. The molecule has 15 heavy (non-hydrogen) atoms. The van der Waals surface area contributed by atoms with E-state index in [9.17, 15) is 0 Å². The Morgan fingerprint density at radius 1 is 1.07 bits per heavy atom. The zero-order chi connectivity index (χ0) is 10.8. The molecule has 0 aliphatic heterocycles. The van der Waals surface area contributed by atoms with Gasteiger partial charge >= 0.3 is 0 Å². The van der Waals surface area contributed by atoms with Crippen LogP contribution in [0.4, 0.5) is 0 Å². The zero-order valence-electron chi connectivity index (χ0n) is 9.15. The van der Waals surface area contributed by atoms with E-state index in [1.165, 1.54) is 5.56 Å². The van der Waals surface area contributed by atoms with Gasteiger partial charge in [-0.25, -0.2) is 0 Å². The molecule has 0 amide bonds. The number of aliphatic hydroxyl groups excluding tert-OH is 1. The Morgan fingerprint density at radius 3 is 2.60 bits per heavy atom. The van der Waals surface area contributed by atoms with Crippen LogP contribution in [-0.4, -0.2) is 29.8 Å². The van der Waals surface area contributed by atoms with Crippen molar-refractivity contribution in [2.45, 2.75) is 25.7 Å². The average Bonchev–Trinajstić information content (AvgIpc) is 2.29. The molecular formula is C12H20N2O. The van der Waals surface area contributed by atoms with Gasteiger partial charge in [0.15, 0.2) is 0 Å². The molecule has 2 N–H and O–H groups in total. The number of unbranched alkanes of at least 4 members (excludes halogenated alkanes) is 2. The van der Waals surface area contributed by atoms with Crippen LogP contribution in [0, 0.1) is 0 Å². The summed E-state index contributed by atoms with van der Waals surface area (Å²) in [5.74, 6) is 0. The first kappa shape index (κ1) is 12.1. The van der Waals surface area contributed by atoms with Crippen LogP contribution in [-0.2, 0) is 6.42 Å². The van der Waals surface area contributed by atoms with Crippen molar-refractivity contribution in [1.29, 1.82) is 0 Å². The highest BCUT2D eigenvalue weighted by molar-refractivity contribution is 5.09. The van der Waals surface area contributed by atoms with Crippen molar-refractivity contribution in [3.8, 4) is 0 Å². The van der Waals surface area contributed by atoms with E-state index >= 15 is 0 Å². The maximum atomic E-state index is 8.59. The lowest BCUT2D eigenvalue weighted by molar-refractivity contribution is 0.283. The van der Waals surface area contributed by atoms with Gasteiger partial charge in [-0.3, -0.25) is 4.98 Å². The Hall–Kier alpha value is -0.930. The highest BCUT2D eigenvalue weighted by Gasteiger charge is 1.92. The summed E-state index contributed by atoms with van der Waals surface area (Å²) < 4.78 is 0. The summed E-state index contributed by atoms with van der Waals surface area (Å²) in [6.07, 6.45) is 7.90. The number of hydrogen-bond donors (Lipinski definition) is 2. The summed E-state index contributed by atoms with van der Waals surface area (Å²) in [5, 5.41) is 12.0. The van der Waals surface area contributed by atoms with Crippen molar-refractivity contribution in [2.75, 3.05) is 19.7 Å². The van der Waals surface area contributed by atoms with Gasteiger partial charge in [0.1, 0.15) is 0 Å². The summed E-state index contributed by atoms with van der Waals surface area (Å²) in [4.78, 5) is 3.98. The second-order valence-corrected chi connectivity index (χ2v) is 3.64. The van der Waals surface area contributed by atoms with Gasteiger partial charge in [-0.2, -0.15) is 0 Å². The van der Waals surface area contributed by atoms with E-state index < -0.39 is 0 Å². The minimum Gasteiger partial charge on any atom is -0.396 e. The third-order valence-electron chi connectivity index (χ3n) is 2.35. The number of aliphatic hydroxyl groups is 1. The van der Waals surface area contributed by atoms with E-state index in [4.69, 9.17) is 5.11 Å². The minimum absolute atomic E-state index is 0.316. The van der Waals surface area contributed by atoms with E-state index in [1.807, 2.05) is 24.5 Å². The summed E-state index contributed by atoms with van der Waals surface area (Å²) >= 11 is 0. The maximum absolute atomic E-state index is 8.59. The SMILES string of the molecule is OCCCCCNCCc1ccncc1. The molecule has 3 nitrogen and oxygen atoms in total. The minimum atomic E-state index is 0.316. The Bertz CT molecular complexity index is 239. The van der Waals surface area contributed by atoms with Crippen molar-refractivity contribution in [2.24, 2.45) is 0 Å². The van der Waals surface area contributed by atoms with E-state index in [-0.39, 0.29) is 0 Å². The molecule has 0 saturated carbocycles. The second kappa shape index (κ2) is 8.38. The number of nitrogens with one attached hydrogen (secondary N) is 1. The molecule has 0 saturated heterocycles. The quantitative estimate of drug-likeness (QED) is 0.634. The van der Waals surface area contributed by atoms with Gasteiger partial charge in [-0.1, -0.05) is 0 Å². The van der Waals surface area contributed by atoms with Crippen molar-refractivity contribution in [3.63, 3.8) is 0 Å². The first-order valence-electron chi connectivity index (χ1n) is 5.64. The van der Waals surface area contributed by atoms with Gasteiger partial charge in [-0.05, 0) is 56.5 Å². The number of rotatable bonds is 8. The van der Waals surface area contributed by atoms with Crippen LogP contribution in [0.1, 0.15) is 24.8 Å². The normalized spacial score (nSPS) is 10.5. The average molecular weight is 208 g/mol. The predicted molar refractivity (Wildman–Crippen MR) is 61.7 cm³/mol. The van der Waals surface area contributed by atoms with Crippen molar-refractivity contribution < 1.29 is 5.11 Å². The van der Waals surface area contributed by atoms with E-state index in [0.29, 0.717) is 6.61 Å². The topological polar surface area (TPSA) is 45.1 Å². The highest BCUT2D eigenvalue weighted by Crippen LogP contribution is 1.96. The van der Waals surface area contributed by atoms with E-state index in [1.54, 1.807) is 0 Å². The first-order valence-corrected chi connectivity index (χ1v) is 5.64. The molecule has 0 spiro atoms. The second-order valence-electron chi connectivity index (χ2n) is 3.64. The standard InChI is InChI=1S/C12H20N2O/c15-11-3-1-2-7-13-8-4-12-5-9-14-10-6-12/h5-6,9-10,13,15H,1-4,7-8,11H2. The molecule has 0 aliphatic rings. The van der Waals surface area contributed by atoms with Gasteiger partial charge in [0.25, 0.3) is 0 Å². The lowest BCUT2D eigenvalue weighted by Crippen LogP contribution is -2.18. The summed E-state index contributed by atoms with van der Waals surface area (Å²) in [6.45, 7) is 2.38. The third kappa shape index (κ3) is 6.20. The molecule has 0 atom stereocenters. The van der Waals surface area contributed by atoms with Crippen molar-refractivity contribution in [1.82, 2.24) is 10.3 Å². The zero-order valence-corrected chi connectivity index (χ0v) is 9.15. The van der Waals surface area contributed by atoms with Crippen LogP contribution >= 0.6 is 0 Å². The summed E-state index contributed by atoms with van der Waals surface area (Å²) in [7, 11) is 0. The Kier molecular flexibility index (Phi) is 6.79. The molecule has 1 heterocycles. The van der Waals surface area contributed by atoms with Gasteiger partial charge in [0.05, 0.1) is 0 Å². The fourth-order valence-corrected chi connectivity index (χ4v) is 1.45. The Balaban J connectivity index is 1.93. The Labute approximate surface area is 91.5 Å². The van der Waals surface area contributed by atoms with Crippen molar-refractivity contribution in [3.05, 3.63) is 30.1 Å². The Morgan fingerprint density at radius 2 is 1.87 bits per heavy atom. The van der Waals surface area contributed by atoms with Gasteiger partial charge < -0.3 is 10.4 Å². The number of pyridine rings is 1. The van der Waals surface area contributed by atoms with Crippen molar-refractivity contribution >= 4 is 0 Å². The molecule has 0 unspecified atom stereocenters. The van der Waals surface area contributed by atoms with Gasteiger partial charge in [-0.15, -0.1) is 0 Å². The molecule has 0 fully saturated rings. The fraction of sp³-hybridized carbons (Fsp3) is 0.583. The molecule has 1 aromatic heterocycles. The molecule has 0 aromatic carbocycles. The van der Waals surface area contributed by atoms with Crippen LogP contribution in [0.2, 0.25) is 0 Å². The van der Waals surface area contributed by atoms with Crippen LogP contribution in [0.15, 0.2) is 24.5 Å². The smallest absolute Gasteiger partial charge is 0.0431 e. The first-order chi connectivity index (χ1) is 7.43. The molecule has 0 bridgehead atoms. The van der Waals surface area contributed by atoms with Gasteiger partial charge in [0, 0.05) is 19.0 Å². The summed E-state index contributed by atoms with van der Waals surface area (Å²) in [5.41, 5.74) is 1.33. The lowest BCUT2D eigenvalue weighted by Gasteiger charge is -2.04. The van der Waals surface area contributed by atoms with E-state index in [2.05, 4.69) is 10.3 Å². The van der Waals surface area contributed by atoms with Crippen LogP contribution in [0.3, 0.4) is 0 Å². The maximum Gasteiger partial charge on any atom is 0.0431 e. The lowest BCUT2D eigenvalue weighted by atomic mass is 10.2.